The second-order valence-electron chi connectivity index (χ2n) is 8.08. The summed E-state index contributed by atoms with van der Waals surface area (Å²) in [5, 5.41) is 27.7. The average Bonchev–Trinajstić information content (AvgIpc) is 3.27. The predicted octanol–water partition coefficient (Wildman–Crippen LogP) is 4.85. The first kappa shape index (κ1) is 19.6. The van der Waals surface area contributed by atoms with Crippen LogP contribution in [0.1, 0.15) is 37.9 Å². The molecule has 0 spiro atoms. The second-order valence-corrected chi connectivity index (χ2v) is 8.08. The Morgan fingerprint density at radius 3 is 2.70 bits per heavy atom. The molecule has 4 aromatic rings. The molecule has 0 aliphatic heterocycles. The number of hydrogen-bond donors (Lipinski definition) is 2. The molecule has 0 aliphatic carbocycles. The fourth-order valence-electron chi connectivity index (χ4n) is 4.12. The summed E-state index contributed by atoms with van der Waals surface area (Å²) >= 11 is 0. The molecular formula is C23H21FN4O2. The minimum Gasteiger partial charge on any atom is -0.481 e. The first-order chi connectivity index (χ1) is 14.3. The number of aromatic nitrogens is 3. The molecular weight excluding hydrogens is 383 g/mol. The van der Waals surface area contributed by atoms with Crippen LogP contribution in [0, 0.1) is 17.1 Å². The van der Waals surface area contributed by atoms with E-state index in [1.807, 2.05) is 30.5 Å². The maximum Gasteiger partial charge on any atom is 0.303 e. The number of aliphatic carboxylic acids is 1. The summed E-state index contributed by atoms with van der Waals surface area (Å²) < 4.78 is 15.6. The lowest BCUT2D eigenvalue weighted by Gasteiger charge is -2.26. The molecule has 0 bridgehead atoms. The number of nitriles is 1. The van der Waals surface area contributed by atoms with E-state index in [4.69, 9.17) is 0 Å². The number of H-pyrrole nitrogens is 1. The van der Waals surface area contributed by atoms with Crippen molar-refractivity contribution in [3.63, 3.8) is 0 Å². The standard InChI is InChI=1S/C23H21FN4O2/c1-23(2,9-10-25)22-17(7-8-21(29)30)18-12-19-14(13-26-27-19)11-20(18)28(22)16-5-3-15(24)4-6-16/h3-6,11-13H,7-9H2,1-2H3,(H,26,27)(H,29,30). The van der Waals surface area contributed by atoms with E-state index in [1.165, 1.54) is 12.1 Å². The van der Waals surface area contributed by atoms with Crippen LogP contribution in [0.25, 0.3) is 27.5 Å². The van der Waals surface area contributed by atoms with Gasteiger partial charge in [0.15, 0.2) is 0 Å². The molecule has 2 aromatic carbocycles. The predicted molar refractivity (Wildman–Crippen MR) is 112 cm³/mol. The van der Waals surface area contributed by atoms with E-state index in [-0.39, 0.29) is 18.7 Å². The van der Waals surface area contributed by atoms with Crippen molar-refractivity contribution in [3.8, 4) is 11.8 Å². The van der Waals surface area contributed by atoms with Crippen LogP contribution in [-0.4, -0.2) is 25.8 Å². The van der Waals surface area contributed by atoms with Gasteiger partial charge in [-0.25, -0.2) is 4.39 Å². The van der Waals surface area contributed by atoms with Crippen molar-refractivity contribution < 1.29 is 14.3 Å². The molecule has 7 heteroatoms. The monoisotopic (exact) mass is 404 g/mol. The highest BCUT2D eigenvalue weighted by Crippen LogP contribution is 2.40. The molecule has 0 aliphatic rings. The quantitative estimate of drug-likeness (QED) is 0.480. The van der Waals surface area contributed by atoms with Crippen LogP contribution in [0.5, 0.6) is 0 Å². The van der Waals surface area contributed by atoms with Crippen LogP contribution < -0.4 is 0 Å². The molecule has 0 unspecified atom stereocenters. The Bertz CT molecular complexity index is 1290. The number of fused-ring (bicyclic) bond motifs is 2. The number of aromatic amines is 1. The van der Waals surface area contributed by atoms with E-state index >= 15 is 0 Å². The summed E-state index contributed by atoms with van der Waals surface area (Å²) in [7, 11) is 0. The van der Waals surface area contributed by atoms with Crippen LogP contribution in [0.3, 0.4) is 0 Å². The Morgan fingerprint density at radius 2 is 2.03 bits per heavy atom. The average molecular weight is 404 g/mol. The van der Waals surface area contributed by atoms with Crippen molar-refractivity contribution in [1.82, 2.24) is 14.8 Å². The largest absolute Gasteiger partial charge is 0.481 e. The smallest absolute Gasteiger partial charge is 0.303 e. The summed E-state index contributed by atoms with van der Waals surface area (Å²) in [6, 6.07) is 12.4. The van der Waals surface area contributed by atoms with Gasteiger partial charge in [-0.2, -0.15) is 10.4 Å². The Hall–Kier alpha value is -3.66. The minimum absolute atomic E-state index is 0.0286. The van der Waals surface area contributed by atoms with E-state index in [2.05, 4.69) is 16.3 Å². The van der Waals surface area contributed by atoms with Crippen molar-refractivity contribution in [3.05, 3.63) is 59.7 Å². The Kier molecular flexibility index (Phi) is 4.78. The SMILES string of the molecule is CC(C)(CC#N)c1c(CCC(=O)O)c2cc3[nH]ncc3cc2n1-c1ccc(F)cc1. The highest BCUT2D eigenvalue weighted by Gasteiger charge is 2.31. The highest BCUT2D eigenvalue weighted by atomic mass is 19.1. The minimum atomic E-state index is -0.885. The zero-order chi connectivity index (χ0) is 21.5. The topological polar surface area (TPSA) is 94.7 Å². The van der Waals surface area contributed by atoms with Gasteiger partial charge in [-0.05, 0) is 48.4 Å². The van der Waals surface area contributed by atoms with E-state index in [1.54, 1.807) is 18.3 Å². The van der Waals surface area contributed by atoms with E-state index in [9.17, 15) is 19.6 Å². The highest BCUT2D eigenvalue weighted by molar-refractivity contribution is 5.99. The van der Waals surface area contributed by atoms with E-state index in [0.29, 0.717) is 6.42 Å². The van der Waals surface area contributed by atoms with Crippen LogP contribution >= 0.6 is 0 Å². The molecule has 30 heavy (non-hydrogen) atoms. The van der Waals surface area contributed by atoms with Gasteiger partial charge in [0, 0.05) is 40.4 Å². The summed E-state index contributed by atoms with van der Waals surface area (Å²) in [6.07, 6.45) is 2.28. The number of carbonyl (C=O) groups is 1. The molecule has 0 atom stereocenters. The Balaban J connectivity index is 2.12. The van der Waals surface area contributed by atoms with Gasteiger partial charge in [0.2, 0.25) is 0 Å². The number of halogens is 1. The number of carboxylic acid groups (broad SMARTS) is 1. The number of benzene rings is 2. The fraction of sp³-hybridized carbons (Fsp3) is 0.261. The molecule has 152 valence electrons. The van der Waals surface area contributed by atoms with Crippen LogP contribution in [-0.2, 0) is 16.6 Å². The molecule has 2 heterocycles. The van der Waals surface area contributed by atoms with Crippen molar-refractivity contribution in [1.29, 1.82) is 5.26 Å². The molecule has 2 N–H and O–H groups in total. The van der Waals surface area contributed by atoms with Crippen LogP contribution in [0.4, 0.5) is 4.39 Å². The van der Waals surface area contributed by atoms with Gasteiger partial charge >= 0.3 is 5.97 Å². The zero-order valence-corrected chi connectivity index (χ0v) is 16.7. The number of carboxylic acids is 1. The first-order valence-corrected chi connectivity index (χ1v) is 9.67. The Labute approximate surface area is 172 Å². The molecule has 0 saturated heterocycles. The lowest BCUT2D eigenvalue weighted by molar-refractivity contribution is -0.136. The van der Waals surface area contributed by atoms with Gasteiger partial charge in [0.25, 0.3) is 0 Å². The van der Waals surface area contributed by atoms with Gasteiger partial charge in [0.05, 0.1) is 23.3 Å². The van der Waals surface area contributed by atoms with Gasteiger partial charge in [-0.15, -0.1) is 0 Å². The van der Waals surface area contributed by atoms with Crippen molar-refractivity contribution in [2.75, 3.05) is 0 Å². The molecule has 0 saturated carbocycles. The second kappa shape index (κ2) is 7.30. The van der Waals surface area contributed by atoms with Gasteiger partial charge < -0.3 is 9.67 Å². The van der Waals surface area contributed by atoms with Crippen LogP contribution in [0.2, 0.25) is 0 Å². The van der Waals surface area contributed by atoms with Crippen molar-refractivity contribution in [2.24, 2.45) is 0 Å². The lowest BCUT2D eigenvalue weighted by atomic mass is 9.82. The number of rotatable bonds is 6. The molecule has 0 fully saturated rings. The molecule has 2 aromatic heterocycles. The number of aryl methyl sites for hydroxylation is 1. The lowest BCUT2D eigenvalue weighted by Crippen LogP contribution is -2.23. The normalized spacial score (nSPS) is 11.8. The summed E-state index contributed by atoms with van der Waals surface area (Å²) in [4.78, 5) is 11.4. The van der Waals surface area contributed by atoms with Crippen molar-refractivity contribution in [2.45, 2.75) is 38.5 Å². The number of nitrogens with one attached hydrogen (secondary N) is 1. The van der Waals surface area contributed by atoms with Gasteiger partial charge in [-0.3, -0.25) is 9.89 Å². The molecule has 6 nitrogen and oxygen atoms in total. The molecule has 4 rings (SSSR count). The number of hydrogen-bond acceptors (Lipinski definition) is 3. The Morgan fingerprint density at radius 1 is 1.30 bits per heavy atom. The van der Waals surface area contributed by atoms with E-state index < -0.39 is 11.4 Å². The summed E-state index contributed by atoms with van der Waals surface area (Å²) in [5.41, 5.74) is 3.67. The number of nitrogens with zero attached hydrogens (tertiary/aromatic N) is 3. The van der Waals surface area contributed by atoms with Crippen molar-refractivity contribution >= 4 is 27.8 Å². The molecule has 0 radical (unpaired) electrons. The van der Waals surface area contributed by atoms with Gasteiger partial charge in [-0.1, -0.05) is 13.8 Å². The van der Waals surface area contributed by atoms with Crippen LogP contribution in [0.15, 0.2) is 42.6 Å². The third-order valence-corrected chi connectivity index (χ3v) is 5.47. The summed E-state index contributed by atoms with van der Waals surface area (Å²) in [6.45, 7) is 3.95. The third kappa shape index (κ3) is 3.30. The molecule has 0 amide bonds. The van der Waals surface area contributed by atoms with Gasteiger partial charge in [0.1, 0.15) is 5.82 Å². The maximum absolute atomic E-state index is 13.6. The first-order valence-electron chi connectivity index (χ1n) is 9.67. The van der Waals surface area contributed by atoms with E-state index in [0.717, 1.165) is 38.8 Å². The zero-order valence-electron chi connectivity index (χ0n) is 16.7. The fourth-order valence-corrected chi connectivity index (χ4v) is 4.12. The summed E-state index contributed by atoms with van der Waals surface area (Å²) in [5.74, 6) is -1.22. The third-order valence-electron chi connectivity index (χ3n) is 5.47. The maximum atomic E-state index is 13.6.